The van der Waals surface area contributed by atoms with E-state index in [0.717, 1.165) is 26.2 Å². The molecule has 4 aromatic carbocycles. The smallest absolute Gasteiger partial charge is 0.336 e. The Kier molecular flexibility index (Phi) is 8.39. The van der Waals surface area contributed by atoms with Gasteiger partial charge in [0.05, 0.1) is 37.7 Å². The van der Waals surface area contributed by atoms with Gasteiger partial charge in [0.15, 0.2) is 17.3 Å². The first-order chi connectivity index (χ1) is 21.9. The van der Waals surface area contributed by atoms with Crippen molar-refractivity contribution in [3.63, 3.8) is 0 Å². The minimum atomic E-state index is -0.516. The van der Waals surface area contributed by atoms with E-state index in [1.54, 1.807) is 36.6 Å². The third kappa shape index (κ3) is 5.80. The number of benzene rings is 4. The average Bonchev–Trinajstić information content (AvgIpc) is 3.55. The van der Waals surface area contributed by atoms with E-state index < -0.39 is 11.2 Å². The van der Waals surface area contributed by atoms with Gasteiger partial charge in [-0.2, -0.15) is 4.98 Å². The van der Waals surface area contributed by atoms with Crippen LogP contribution in [-0.2, 0) is 6.54 Å². The SMILES string of the molecule is COc1ccc(-c2nc(Cn3c(=O)cc(-c4ccc(C)cc4)n(-c4ccc(SC)cc4)c3=O)no2)c(-c2ccccc2)c1OC. The molecule has 0 fully saturated rings. The van der Waals surface area contributed by atoms with Crippen molar-refractivity contribution >= 4 is 11.8 Å². The molecule has 0 aliphatic rings. The number of thioether (sulfide) groups is 1. The van der Waals surface area contributed by atoms with E-state index in [1.807, 2.05) is 98.1 Å². The highest BCUT2D eigenvalue weighted by Gasteiger charge is 2.23. The summed E-state index contributed by atoms with van der Waals surface area (Å²) in [7, 11) is 3.14. The molecule has 0 amide bonds. The van der Waals surface area contributed by atoms with Gasteiger partial charge in [-0.1, -0.05) is 65.3 Å². The summed E-state index contributed by atoms with van der Waals surface area (Å²) in [6.07, 6.45) is 1.99. The minimum Gasteiger partial charge on any atom is -0.493 e. The van der Waals surface area contributed by atoms with Gasteiger partial charge in [0.25, 0.3) is 11.4 Å². The quantitative estimate of drug-likeness (QED) is 0.170. The maximum Gasteiger partial charge on any atom is 0.336 e. The van der Waals surface area contributed by atoms with Gasteiger partial charge in [-0.3, -0.25) is 13.9 Å². The molecule has 2 heterocycles. The molecule has 45 heavy (non-hydrogen) atoms. The van der Waals surface area contributed by atoms with Crippen molar-refractivity contribution in [2.24, 2.45) is 0 Å². The van der Waals surface area contributed by atoms with E-state index in [0.29, 0.717) is 34.0 Å². The van der Waals surface area contributed by atoms with Crippen LogP contribution in [0.4, 0.5) is 0 Å². The fourth-order valence-electron chi connectivity index (χ4n) is 5.21. The van der Waals surface area contributed by atoms with Crippen molar-refractivity contribution in [2.75, 3.05) is 20.5 Å². The lowest BCUT2D eigenvalue weighted by Gasteiger charge is -2.16. The molecule has 10 heteroatoms. The van der Waals surface area contributed by atoms with Gasteiger partial charge in [0.2, 0.25) is 0 Å². The lowest BCUT2D eigenvalue weighted by atomic mass is 9.97. The third-order valence-electron chi connectivity index (χ3n) is 7.47. The lowest BCUT2D eigenvalue weighted by Crippen LogP contribution is -2.40. The molecule has 0 atom stereocenters. The zero-order valence-corrected chi connectivity index (χ0v) is 26.0. The van der Waals surface area contributed by atoms with Crippen molar-refractivity contribution in [1.29, 1.82) is 0 Å². The standard InChI is InChI=1S/C35H30N4O5S/c1-22-10-12-23(13-11-22)28-20-31(40)38(35(41)39(28)25-14-16-26(45-4)17-15-25)21-30-36-34(44-37-30)27-18-19-29(42-2)33(43-3)32(27)24-8-6-5-7-9-24/h5-20H,21H2,1-4H3. The predicted molar refractivity (Wildman–Crippen MR) is 176 cm³/mol. The number of hydrogen-bond acceptors (Lipinski definition) is 8. The van der Waals surface area contributed by atoms with Gasteiger partial charge < -0.3 is 14.0 Å². The molecule has 0 aliphatic carbocycles. The second-order valence-corrected chi connectivity index (χ2v) is 11.1. The Morgan fingerprint density at radius 3 is 2.24 bits per heavy atom. The summed E-state index contributed by atoms with van der Waals surface area (Å²) >= 11 is 1.61. The van der Waals surface area contributed by atoms with Gasteiger partial charge in [-0.05, 0) is 60.7 Å². The first kappa shape index (κ1) is 29.7. The summed E-state index contributed by atoms with van der Waals surface area (Å²) < 4.78 is 19.6. The molecule has 9 nitrogen and oxygen atoms in total. The highest BCUT2D eigenvalue weighted by atomic mass is 32.2. The monoisotopic (exact) mass is 618 g/mol. The van der Waals surface area contributed by atoms with Crippen LogP contribution in [0.2, 0.25) is 0 Å². The third-order valence-corrected chi connectivity index (χ3v) is 8.22. The van der Waals surface area contributed by atoms with Gasteiger partial charge in [-0.25, -0.2) is 4.79 Å². The van der Waals surface area contributed by atoms with E-state index >= 15 is 0 Å². The van der Waals surface area contributed by atoms with Crippen LogP contribution in [0.5, 0.6) is 11.5 Å². The zero-order valence-electron chi connectivity index (χ0n) is 25.2. The Morgan fingerprint density at radius 2 is 1.58 bits per heavy atom. The molecule has 6 rings (SSSR count). The maximum atomic E-state index is 14.1. The highest BCUT2D eigenvalue weighted by molar-refractivity contribution is 7.98. The van der Waals surface area contributed by atoms with Crippen molar-refractivity contribution in [2.45, 2.75) is 18.4 Å². The number of aryl methyl sites for hydroxylation is 1. The summed E-state index contributed by atoms with van der Waals surface area (Å²) in [5, 5.41) is 4.15. The van der Waals surface area contributed by atoms with Crippen molar-refractivity contribution in [3.8, 4) is 51.0 Å². The van der Waals surface area contributed by atoms with E-state index in [2.05, 4.69) is 10.1 Å². The Bertz CT molecular complexity index is 2080. The normalized spacial score (nSPS) is 11.0. The fraction of sp³-hybridized carbons (Fsp3) is 0.143. The number of aromatic nitrogens is 4. The number of nitrogens with zero attached hydrogens (tertiary/aromatic N) is 4. The topological polar surface area (TPSA) is 101 Å². The molecule has 226 valence electrons. The molecule has 0 radical (unpaired) electrons. The molecule has 0 spiro atoms. The van der Waals surface area contributed by atoms with Crippen molar-refractivity contribution in [1.82, 2.24) is 19.3 Å². The Morgan fingerprint density at radius 1 is 0.844 bits per heavy atom. The van der Waals surface area contributed by atoms with Crippen molar-refractivity contribution < 1.29 is 14.0 Å². The lowest BCUT2D eigenvalue weighted by molar-refractivity contribution is 0.356. The molecule has 0 unspecified atom stereocenters. The molecule has 0 aliphatic heterocycles. The summed E-state index contributed by atoms with van der Waals surface area (Å²) in [6, 6.07) is 30.0. The molecule has 6 aromatic rings. The van der Waals surface area contributed by atoms with Crippen LogP contribution in [-0.4, -0.2) is 39.8 Å². The second kappa shape index (κ2) is 12.7. The number of ether oxygens (including phenoxy) is 2. The predicted octanol–water partition coefficient (Wildman–Crippen LogP) is 6.48. The van der Waals surface area contributed by atoms with E-state index in [9.17, 15) is 9.59 Å². The van der Waals surface area contributed by atoms with Gasteiger partial charge in [0.1, 0.15) is 0 Å². The van der Waals surface area contributed by atoms with Crippen LogP contribution < -0.4 is 20.7 Å². The van der Waals surface area contributed by atoms with Crippen LogP contribution >= 0.6 is 11.8 Å². The summed E-state index contributed by atoms with van der Waals surface area (Å²) in [4.78, 5) is 33.2. The molecule has 0 bridgehead atoms. The highest BCUT2D eigenvalue weighted by Crippen LogP contribution is 2.44. The summed E-state index contributed by atoms with van der Waals surface area (Å²) in [6.45, 7) is 1.80. The number of methoxy groups -OCH3 is 2. The molecule has 0 N–H and O–H groups in total. The first-order valence-corrected chi connectivity index (χ1v) is 15.4. The van der Waals surface area contributed by atoms with Crippen LogP contribution in [0.25, 0.3) is 39.5 Å². The van der Waals surface area contributed by atoms with Crippen LogP contribution in [0.3, 0.4) is 0 Å². The van der Waals surface area contributed by atoms with Crippen LogP contribution in [0, 0.1) is 6.92 Å². The molecule has 0 saturated carbocycles. The van der Waals surface area contributed by atoms with Gasteiger partial charge in [0, 0.05) is 16.5 Å². The average molecular weight is 619 g/mol. The molecule has 2 aromatic heterocycles. The first-order valence-electron chi connectivity index (χ1n) is 14.1. The van der Waals surface area contributed by atoms with Gasteiger partial charge >= 0.3 is 5.69 Å². The fourth-order valence-corrected chi connectivity index (χ4v) is 5.61. The van der Waals surface area contributed by atoms with E-state index in [1.165, 1.54) is 6.07 Å². The van der Waals surface area contributed by atoms with Crippen molar-refractivity contribution in [3.05, 3.63) is 129 Å². The van der Waals surface area contributed by atoms with Crippen LogP contribution in [0.15, 0.2) is 116 Å². The Balaban J connectivity index is 1.45. The van der Waals surface area contributed by atoms with E-state index in [-0.39, 0.29) is 18.3 Å². The number of rotatable bonds is 9. The maximum absolute atomic E-state index is 14.1. The summed E-state index contributed by atoms with van der Waals surface area (Å²) in [5.74, 6) is 1.44. The van der Waals surface area contributed by atoms with Gasteiger partial charge in [-0.15, -0.1) is 11.8 Å². The molecular formula is C35H30N4O5S. The Labute approximate surface area is 263 Å². The zero-order chi connectivity index (χ0) is 31.5. The second-order valence-electron chi connectivity index (χ2n) is 10.2. The summed E-state index contributed by atoms with van der Waals surface area (Å²) in [5.41, 5.74) is 4.14. The Hall–Kier alpha value is -5.35. The molecule has 0 saturated heterocycles. The van der Waals surface area contributed by atoms with E-state index in [4.69, 9.17) is 14.0 Å². The van der Waals surface area contributed by atoms with Crippen LogP contribution in [0.1, 0.15) is 11.4 Å². The largest absolute Gasteiger partial charge is 0.493 e. The number of hydrogen-bond donors (Lipinski definition) is 0. The molecular weight excluding hydrogens is 588 g/mol. The minimum absolute atomic E-state index is 0.172.